The van der Waals surface area contributed by atoms with Crippen LogP contribution in [0.1, 0.15) is 17.5 Å². The Morgan fingerprint density at radius 1 is 1.15 bits per heavy atom. The van der Waals surface area contributed by atoms with Crippen LogP contribution in [0.4, 0.5) is 5.69 Å². The molecule has 2 amide bonds. The molecular formula is C21H24N2O4. The highest BCUT2D eigenvalue weighted by molar-refractivity contribution is 6.01. The topological polar surface area (TPSA) is 67.9 Å². The van der Waals surface area contributed by atoms with Crippen molar-refractivity contribution in [2.75, 3.05) is 25.7 Å². The summed E-state index contributed by atoms with van der Waals surface area (Å²) >= 11 is 0. The molecule has 1 saturated heterocycles. The third-order valence-corrected chi connectivity index (χ3v) is 4.75. The highest BCUT2D eigenvalue weighted by Crippen LogP contribution is 2.33. The van der Waals surface area contributed by atoms with E-state index in [9.17, 15) is 9.59 Å². The summed E-state index contributed by atoms with van der Waals surface area (Å²) in [5.41, 5.74) is 2.73. The Kier molecular flexibility index (Phi) is 5.64. The lowest BCUT2D eigenvalue weighted by Crippen LogP contribution is -2.32. The van der Waals surface area contributed by atoms with E-state index in [0.29, 0.717) is 24.5 Å². The molecule has 0 aromatic heterocycles. The van der Waals surface area contributed by atoms with Crippen LogP contribution < -0.4 is 19.7 Å². The third-order valence-electron chi connectivity index (χ3n) is 4.75. The Balaban J connectivity index is 1.64. The van der Waals surface area contributed by atoms with E-state index in [1.54, 1.807) is 19.1 Å². The van der Waals surface area contributed by atoms with Crippen LogP contribution in [0.15, 0.2) is 42.5 Å². The molecule has 0 saturated carbocycles. The molecule has 6 nitrogen and oxygen atoms in total. The first kappa shape index (κ1) is 18.8. The fourth-order valence-electron chi connectivity index (χ4n) is 3.20. The van der Waals surface area contributed by atoms with Gasteiger partial charge in [-0.3, -0.25) is 9.59 Å². The predicted octanol–water partition coefficient (Wildman–Crippen LogP) is 2.68. The number of rotatable bonds is 6. The van der Waals surface area contributed by atoms with Crippen molar-refractivity contribution >= 4 is 17.5 Å². The zero-order chi connectivity index (χ0) is 19.4. The molecule has 1 N–H and O–H groups in total. The van der Waals surface area contributed by atoms with Gasteiger partial charge in [-0.05, 0) is 42.3 Å². The van der Waals surface area contributed by atoms with Crippen molar-refractivity contribution in [1.82, 2.24) is 5.32 Å². The Morgan fingerprint density at radius 3 is 2.56 bits per heavy atom. The SMILES string of the molecule is COc1ccc(CNC(=O)[C@@H]2CC(=O)N(c3cc(C)ccc3OC)C2)cc1. The van der Waals surface area contributed by atoms with E-state index in [2.05, 4.69) is 5.32 Å². The van der Waals surface area contributed by atoms with E-state index in [1.165, 1.54) is 0 Å². The highest BCUT2D eigenvalue weighted by atomic mass is 16.5. The summed E-state index contributed by atoms with van der Waals surface area (Å²) in [5.74, 6) is 0.847. The number of ether oxygens (including phenoxy) is 2. The zero-order valence-electron chi connectivity index (χ0n) is 15.8. The molecule has 2 aromatic carbocycles. The molecule has 0 bridgehead atoms. The number of nitrogens with zero attached hydrogens (tertiary/aromatic N) is 1. The van der Waals surface area contributed by atoms with Crippen molar-refractivity contribution in [2.24, 2.45) is 5.92 Å². The van der Waals surface area contributed by atoms with Crippen molar-refractivity contribution in [3.63, 3.8) is 0 Å². The monoisotopic (exact) mass is 368 g/mol. The Morgan fingerprint density at radius 2 is 1.89 bits per heavy atom. The van der Waals surface area contributed by atoms with Gasteiger partial charge in [0.2, 0.25) is 11.8 Å². The number of amides is 2. The number of hydrogen-bond donors (Lipinski definition) is 1. The summed E-state index contributed by atoms with van der Waals surface area (Å²) in [5, 5.41) is 2.92. The third kappa shape index (κ3) is 4.22. The average Bonchev–Trinajstić information content (AvgIpc) is 3.08. The maximum absolute atomic E-state index is 12.5. The van der Waals surface area contributed by atoms with Gasteiger partial charge in [-0.2, -0.15) is 0 Å². The van der Waals surface area contributed by atoms with Gasteiger partial charge in [0.25, 0.3) is 0 Å². The summed E-state index contributed by atoms with van der Waals surface area (Å²) in [6.07, 6.45) is 0.200. The van der Waals surface area contributed by atoms with Crippen LogP contribution >= 0.6 is 0 Å². The Labute approximate surface area is 159 Å². The number of aryl methyl sites for hydroxylation is 1. The van der Waals surface area contributed by atoms with Crippen LogP contribution in [0.5, 0.6) is 11.5 Å². The lowest BCUT2D eigenvalue weighted by molar-refractivity contribution is -0.126. The molecule has 2 aromatic rings. The summed E-state index contributed by atoms with van der Waals surface area (Å²) in [4.78, 5) is 26.7. The minimum absolute atomic E-state index is 0.0662. The van der Waals surface area contributed by atoms with Crippen LogP contribution in [-0.4, -0.2) is 32.6 Å². The molecular weight excluding hydrogens is 344 g/mol. The lowest BCUT2D eigenvalue weighted by Gasteiger charge is -2.20. The van der Waals surface area contributed by atoms with Gasteiger partial charge < -0.3 is 19.7 Å². The van der Waals surface area contributed by atoms with Crippen molar-refractivity contribution in [3.8, 4) is 11.5 Å². The van der Waals surface area contributed by atoms with E-state index in [4.69, 9.17) is 9.47 Å². The summed E-state index contributed by atoms with van der Waals surface area (Å²) < 4.78 is 10.5. The number of methoxy groups -OCH3 is 2. The fraction of sp³-hybridized carbons (Fsp3) is 0.333. The standard InChI is InChI=1S/C21H24N2O4/c1-14-4-9-19(27-3)18(10-14)23-13-16(11-20(23)24)21(25)22-12-15-5-7-17(26-2)8-6-15/h4-10,16H,11-13H2,1-3H3,(H,22,25)/t16-/m1/s1. The Hall–Kier alpha value is -3.02. The molecule has 1 fully saturated rings. The minimum atomic E-state index is -0.374. The molecule has 0 spiro atoms. The van der Waals surface area contributed by atoms with E-state index in [1.807, 2.05) is 49.4 Å². The largest absolute Gasteiger partial charge is 0.497 e. The van der Waals surface area contributed by atoms with Crippen LogP contribution in [-0.2, 0) is 16.1 Å². The highest BCUT2D eigenvalue weighted by Gasteiger charge is 2.36. The molecule has 1 aliphatic rings. The van der Waals surface area contributed by atoms with Gasteiger partial charge >= 0.3 is 0 Å². The molecule has 1 aliphatic heterocycles. The van der Waals surface area contributed by atoms with Crippen LogP contribution in [0.2, 0.25) is 0 Å². The van der Waals surface area contributed by atoms with Gasteiger partial charge in [-0.1, -0.05) is 18.2 Å². The second-order valence-corrected chi connectivity index (χ2v) is 6.65. The number of carbonyl (C=O) groups excluding carboxylic acids is 2. The fourth-order valence-corrected chi connectivity index (χ4v) is 3.20. The minimum Gasteiger partial charge on any atom is -0.497 e. The second-order valence-electron chi connectivity index (χ2n) is 6.65. The smallest absolute Gasteiger partial charge is 0.227 e. The molecule has 1 atom stereocenters. The molecule has 0 unspecified atom stereocenters. The first-order valence-corrected chi connectivity index (χ1v) is 8.87. The van der Waals surface area contributed by atoms with Crippen LogP contribution in [0, 0.1) is 12.8 Å². The number of hydrogen-bond acceptors (Lipinski definition) is 4. The maximum atomic E-state index is 12.5. The number of carbonyl (C=O) groups is 2. The molecule has 6 heteroatoms. The van der Waals surface area contributed by atoms with Gasteiger partial charge in [-0.25, -0.2) is 0 Å². The number of benzene rings is 2. The molecule has 0 aliphatic carbocycles. The van der Waals surface area contributed by atoms with Crippen molar-refractivity contribution in [3.05, 3.63) is 53.6 Å². The van der Waals surface area contributed by atoms with Crippen LogP contribution in [0.3, 0.4) is 0 Å². The molecule has 27 heavy (non-hydrogen) atoms. The van der Waals surface area contributed by atoms with Gasteiger partial charge in [0.15, 0.2) is 0 Å². The normalized spacial score (nSPS) is 16.3. The lowest BCUT2D eigenvalue weighted by atomic mass is 10.1. The van der Waals surface area contributed by atoms with Crippen LogP contribution in [0.25, 0.3) is 0 Å². The maximum Gasteiger partial charge on any atom is 0.227 e. The molecule has 142 valence electrons. The number of anilines is 1. The van der Waals surface area contributed by atoms with Crippen molar-refractivity contribution in [1.29, 1.82) is 0 Å². The van der Waals surface area contributed by atoms with Crippen molar-refractivity contribution in [2.45, 2.75) is 19.9 Å². The average molecular weight is 368 g/mol. The number of nitrogens with one attached hydrogen (secondary N) is 1. The second kappa shape index (κ2) is 8.12. The molecule has 0 radical (unpaired) electrons. The van der Waals surface area contributed by atoms with Gasteiger partial charge in [-0.15, -0.1) is 0 Å². The summed E-state index contributed by atoms with van der Waals surface area (Å²) in [6, 6.07) is 13.2. The van der Waals surface area contributed by atoms with Gasteiger partial charge in [0.1, 0.15) is 11.5 Å². The van der Waals surface area contributed by atoms with E-state index in [0.717, 1.165) is 16.9 Å². The van der Waals surface area contributed by atoms with Crippen molar-refractivity contribution < 1.29 is 19.1 Å². The summed E-state index contributed by atoms with van der Waals surface area (Å²) in [7, 11) is 3.19. The quantitative estimate of drug-likeness (QED) is 0.851. The predicted molar refractivity (Wildman–Crippen MR) is 103 cm³/mol. The van der Waals surface area contributed by atoms with Gasteiger partial charge in [0.05, 0.1) is 25.8 Å². The van der Waals surface area contributed by atoms with E-state index >= 15 is 0 Å². The Bertz CT molecular complexity index is 833. The van der Waals surface area contributed by atoms with E-state index in [-0.39, 0.29) is 24.2 Å². The first-order chi connectivity index (χ1) is 13.0. The first-order valence-electron chi connectivity index (χ1n) is 8.87. The molecule has 1 heterocycles. The summed E-state index contributed by atoms with van der Waals surface area (Å²) in [6.45, 7) is 2.73. The molecule has 3 rings (SSSR count). The van der Waals surface area contributed by atoms with E-state index < -0.39 is 0 Å². The van der Waals surface area contributed by atoms with Gasteiger partial charge in [0, 0.05) is 19.5 Å². The zero-order valence-corrected chi connectivity index (χ0v) is 15.8.